The van der Waals surface area contributed by atoms with E-state index in [4.69, 9.17) is 0 Å². The highest BCUT2D eigenvalue weighted by Crippen LogP contribution is 2.17. The highest BCUT2D eigenvalue weighted by atomic mass is 32.2. The monoisotopic (exact) mass is 324 g/mol. The maximum atomic E-state index is 11.9. The average Bonchev–Trinajstić information content (AvgIpc) is 2.54. The number of carbonyl (C=O) groups is 1. The van der Waals surface area contributed by atoms with Crippen LogP contribution < -0.4 is 10.0 Å². The Morgan fingerprint density at radius 3 is 2.36 bits per heavy atom. The molecule has 0 bridgehead atoms. The number of sulfonamides is 1. The van der Waals surface area contributed by atoms with Crippen molar-refractivity contribution in [3.8, 4) is 0 Å². The second-order valence-corrected chi connectivity index (χ2v) is 7.64. The van der Waals surface area contributed by atoms with E-state index in [0.29, 0.717) is 18.9 Å². The van der Waals surface area contributed by atoms with E-state index >= 15 is 0 Å². The quantitative estimate of drug-likeness (QED) is 0.840. The first-order valence-electron chi connectivity index (χ1n) is 7.83. The lowest BCUT2D eigenvalue weighted by Gasteiger charge is -2.22. The molecule has 1 fully saturated rings. The van der Waals surface area contributed by atoms with E-state index in [0.717, 1.165) is 18.4 Å². The summed E-state index contributed by atoms with van der Waals surface area (Å²) in [6.45, 7) is 0. The van der Waals surface area contributed by atoms with Gasteiger partial charge in [0, 0.05) is 12.5 Å². The highest BCUT2D eigenvalue weighted by Gasteiger charge is 2.15. The summed E-state index contributed by atoms with van der Waals surface area (Å²) in [5, 5.41) is 3.09. The van der Waals surface area contributed by atoms with Crippen molar-refractivity contribution in [2.45, 2.75) is 55.9 Å². The normalized spacial score (nSPS) is 16.4. The minimum Gasteiger partial charge on any atom is -0.353 e. The zero-order valence-corrected chi connectivity index (χ0v) is 13.8. The zero-order valence-electron chi connectivity index (χ0n) is 13.0. The fourth-order valence-electron chi connectivity index (χ4n) is 2.76. The largest absolute Gasteiger partial charge is 0.353 e. The van der Waals surface area contributed by atoms with Gasteiger partial charge >= 0.3 is 0 Å². The van der Waals surface area contributed by atoms with Gasteiger partial charge in [-0.05, 0) is 44.0 Å². The summed E-state index contributed by atoms with van der Waals surface area (Å²) >= 11 is 0. The number of hydrogen-bond donors (Lipinski definition) is 2. The van der Waals surface area contributed by atoms with Gasteiger partial charge in [-0.1, -0.05) is 31.4 Å². The van der Waals surface area contributed by atoms with Crippen LogP contribution in [-0.4, -0.2) is 27.4 Å². The van der Waals surface area contributed by atoms with E-state index in [2.05, 4.69) is 10.0 Å². The first kappa shape index (κ1) is 17.0. The molecule has 1 amide bonds. The molecule has 0 atom stereocenters. The molecule has 1 aromatic carbocycles. The number of carbonyl (C=O) groups excluding carboxylic acids is 1. The Morgan fingerprint density at radius 2 is 1.77 bits per heavy atom. The van der Waals surface area contributed by atoms with Crippen LogP contribution in [0.5, 0.6) is 0 Å². The van der Waals surface area contributed by atoms with Crippen LogP contribution in [0.2, 0.25) is 0 Å². The maximum Gasteiger partial charge on any atom is 0.240 e. The van der Waals surface area contributed by atoms with Gasteiger partial charge in [0.1, 0.15) is 0 Å². The summed E-state index contributed by atoms with van der Waals surface area (Å²) in [6.07, 6.45) is 6.91. The lowest BCUT2D eigenvalue weighted by Crippen LogP contribution is -2.36. The van der Waals surface area contributed by atoms with Crippen molar-refractivity contribution in [2.24, 2.45) is 0 Å². The highest BCUT2D eigenvalue weighted by molar-refractivity contribution is 7.89. The van der Waals surface area contributed by atoms with Crippen molar-refractivity contribution in [3.05, 3.63) is 29.8 Å². The second-order valence-electron chi connectivity index (χ2n) is 5.75. The molecule has 1 aromatic rings. The number of nitrogens with one attached hydrogen (secondary N) is 2. The van der Waals surface area contributed by atoms with Crippen LogP contribution in [0.4, 0.5) is 0 Å². The Balaban J connectivity index is 1.82. The van der Waals surface area contributed by atoms with E-state index in [1.165, 1.54) is 26.3 Å². The summed E-state index contributed by atoms with van der Waals surface area (Å²) < 4.78 is 25.5. The van der Waals surface area contributed by atoms with Crippen molar-refractivity contribution >= 4 is 15.9 Å². The first-order valence-corrected chi connectivity index (χ1v) is 9.31. The molecule has 1 aliphatic rings. The first-order chi connectivity index (χ1) is 10.5. The van der Waals surface area contributed by atoms with Gasteiger partial charge in [-0.2, -0.15) is 0 Å². The molecule has 2 rings (SSSR count). The smallest absolute Gasteiger partial charge is 0.240 e. The summed E-state index contributed by atoms with van der Waals surface area (Å²) in [5.41, 5.74) is 0.967. The molecule has 1 aliphatic carbocycles. The average molecular weight is 324 g/mol. The number of aryl methyl sites for hydroxylation is 1. The molecule has 122 valence electrons. The summed E-state index contributed by atoms with van der Waals surface area (Å²) in [5.74, 6) is 0.0822. The van der Waals surface area contributed by atoms with Gasteiger partial charge in [0.05, 0.1) is 4.90 Å². The fraction of sp³-hybridized carbons (Fsp3) is 0.562. The van der Waals surface area contributed by atoms with Crippen LogP contribution in [0.15, 0.2) is 29.2 Å². The van der Waals surface area contributed by atoms with Gasteiger partial charge in [-0.15, -0.1) is 0 Å². The Bertz CT molecular complexity index is 590. The molecule has 0 spiro atoms. The predicted octanol–water partition coefficient (Wildman–Crippen LogP) is 1.98. The SMILES string of the molecule is CNS(=O)(=O)c1ccc(CCC(=O)NC2CCCCC2)cc1. The Labute approximate surface area is 132 Å². The molecule has 22 heavy (non-hydrogen) atoms. The predicted molar refractivity (Wildman–Crippen MR) is 86.0 cm³/mol. The molecule has 1 saturated carbocycles. The maximum absolute atomic E-state index is 11.9. The molecule has 0 aromatic heterocycles. The van der Waals surface area contributed by atoms with Crippen LogP contribution in [0.3, 0.4) is 0 Å². The Morgan fingerprint density at radius 1 is 1.14 bits per heavy atom. The van der Waals surface area contributed by atoms with E-state index in [1.54, 1.807) is 24.3 Å². The second kappa shape index (κ2) is 7.74. The van der Waals surface area contributed by atoms with Crippen molar-refractivity contribution in [1.82, 2.24) is 10.0 Å². The van der Waals surface area contributed by atoms with Gasteiger partial charge < -0.3 is 5.32 Å². The molecule has 5 nitrogen and oxygen atoms in total. The molecule has 0 saturated heterocycles. The van der Waals surface area contributed by atoms with Crippen LogP contribution in [-0.2, 0) is 21.2 Å². The van der Waals surface area contributed by atoms with Gasteiger partial charge in [-0.3, -0.25) is 4.79 Å². The fourth-order valence-corrected chi connectivity index (χ4v) is 3.49. The van der Waals surface area contributed by atoms with Crippen molar-refractivity contribution in [1.29, 1.82) is 0 Å². The van der Waals surface area contributed by atoms with Crippen molar-refractivity contribution in [2.75, 3.05) is 7.05 Å². The number of hydrogen-bond acceptors (Lipinski definition) is 3. The van der Waals surface area contributed by atoms with E-state index in [9.17, 15) is 13.2 Å². The topological polar surface area (TPSA) is 75.3 Å². The standard InChI is InChI=1S/C16H24N2O3S/c1-17-22(20,21)15-10-7-13(8-11-15)9-12-16(19)18-14-5-3-2-4-6-14/h7-8,10-11,14,17H,2-6,9,12H2,1H3,(H,18,19). The third-order valence-electron chi connectivity index (χ3n) is 4.11. The minimum atomic E-state index is -3.39. The lowest BCUT2D eigenvalue weighted by molar-refractivity contribution is -0.121. The van der Waals surface area contributed by atoms with Crippen molar-refractivity contribution in [3.63, 3.8) is 0 Å². The van der Waals surface area contributed by atoms with Crippen LogP contribution in [0.1, 0.15) is 44.1 Å². The molecule has 0 radical (unpaired) electrons. The Kier molecular flexibility index (Phi) is 5.97. The molecule has 2 N–H and O–H groups in total. The number of benzene rings is 1. The van der Waals surface area contributed by atoms with Gasteiger partial charge in [0.2, 0.25) is 15.9 Å². The third-order valence-corrected chi connectivity index (χ3v) is 5.54. The number of amides is 1. The van der Waals surface area contributed by atoms with E-state index in [-0.39, 0.29) is 10.8 Å². The molecule has 0 aliphatic heterocycles. The molecule has 0 heterocycles. The molecule has 0 unspecified atom stereocenters. The van der Waals surface area contributed by atoms with Gasteiger partial charge in [0.15, 0.2) is 0 Å². The van der Waals surface area contributed by atoms with Gasteiger partial charge in [-0.25, -0.2) is 13.1 Å². The van der Waals surface area contributed by atoms with E-state index < -0.39 is 10.0 Å². The minimum absolute atomic E-state index is 0.0822. The summed E-state index contributed by atoms with van der Waals surface area (Å²) in [7, 11) is -2.01. The van der Waals surface area contributed by atoms with Gasteiger partial charge in [0.25, 0.3) is 0 Å². The molecular weight excluding hydrogens is 300 g/mol. The Hall–Kier alpha value is -1.40. The zero-order chi connectivity index (χ0) is 16.0. The van der Waals surface area contributed by atoms with Crippen LogP contribution >= 0.6 is 0 Å². The third kappa shape index (κ3) is 4.81. The van der Waals surface area contributed by atoms with Crippen molar-refractivity contribution < 1.29 is 13.2 Å². The molecular formula is C16H24N2O3S. The van der Waals surface area contributed by atoms with E-state index in [1.807, 2.05) is 0 Å². The summed E-state index contributed by atoms with van der Waals surface area (Å²) in [6, 6.07) is 7.00. The lowest BCUT2D eigenvalue weighted by atomic mass is 9.95. The van der Waals surface area contributed by atoms with Crippen LogP contribution in [0.25, 0.3) is 0 Å². The van der Waals surface area contributed by atoms with Crippen LogP contribution in [0, 0.1) is 0 Å². The summed E-state index contributed by atoms with van der Waals surface area (Å²) in [4.78, 5) is 12.2. The molecule has 6 heteroatoms. The number of rotatable bonds is 6.